The van der Waals surface area contributed by atoms with Gasteiger partial charge in [0, 0.05) is 17.6 Å². The van der Waals surface area contributed by atoms with E-state index in [1.165, 1.54) is 6.92 Å². The van der Waals surface area contributed by atoms with Crippen LogP contribution in [0.25, 0.3) is 0 Å². The van der Waals surface area contributed by atoms with Crippen molar-refractivity contribution in [3.05, 3.63) is 17.3 Å². The van der Waals surface area contributed by atoms with Gasteiger partial charge in [-0.1, -0.05) is 0 Å². The minimum Gasteiger partial charge on any atom is -0.502 e. The van der Waals surface area contributed by atoms with E-state index in [9.17, 15) is 23.1 Å². The molecule has 19 heavy (non-hydrogen) atoms. The van der Waals surface area contributed by atoms with Crippen LogP contribution >= 0.6 is 11.6 Å². The quantitative estimate of drug-likeness (QED) is 0.683. The summed E-state index contributed by atoms with van der Waals surface area (Å²) in [4.78, 5) is 14.8. The van der Waals surface area contributed by atoms with Gasteiger partial charge in [-0.05, 0) is 6.92 Å². The molecule has 0 bridgehead atoms. The monoisotopic (exact) mass is 299 g/mol. The Morgan fingerprint density at radius 2 is 2.16 bits per heavy atom. The predicted molar refractivity (Wildman–Crippen MR) is 58.1 cm³/mol. The number of rotatable bonds is 4. The van der Waals surface area contributed by atoms with E-state index >= 15 is 0 Å². The third kappa shape index (κ3) is 3.88. The molecule has 1 rings (SSSR count). The van der Waals surface area contributed by atoms with Gasteiger partial charge in [0.15, 0.2) is 5.75 Å². The second-order valence-corrected chi connectivity index (χ2v) is 3.48. The molecule has 0 atom stereocenters. The molecule has 1 heterocycles. The standard InChI is InChI=1S/C10H9ClF3NO4/c1-2-18-9(17)6-5(3-11)4-15-8(7(6)16)19-10(12,13)14/h4,16H,2-3H2,1H3. The Bertz CT molecular complexity index is 479. The molecule has 0 saturated heterocycles. The van der Waals surface area contributed by atoms with Crippen molar-refractivity contribution in [2.24, 2.45) is 0 Å². The number of hydrogen-bond donors (Lipinski definition) is 1. The first-order valence-corrected chi connectivity index (χ1v) is 5.53. The van der Waals surface area contributed by atoms with Gasteiger partial charge in [-0.25, -0.2) is 9.78 Å². The van der Waals surface area contributed by atoms with E-state index < -0.39 is 29.5 Å². The number of alkyl halides is 4. The van der Waals surface area contributed by atoms with Crippen molar-refractivity contribution in [2.45, 2.75) is 19.2 Å². The molecule has 1 N–H and O–H groups in total. The van der Waals surface area contributed by atoms with Crippen LogP contribution in [0.4, 0.5) is 13.2 Å². The lowest BCUT2D eigenvalue weighted by Gasteiger charge is -2.13. The van der Waals surface area contributed by atoms with E-state index in [0.717, 1.165) is 6.20 Å². The molecule has 0 aromatic carbocycles. The summed E-state index contributed by atoms with van der Waals surface area (Å²) in [7, 11) is 0. The maximum Gasteiger partial charge on any atom is 0.574 e. The molecule has 0 fully saturated rings. The number of aromatic nitrogens is 1. The first-order valence-electron chi connectivity index (χ1n) is 4.99. The smallest absolute Gasteiger partial charge is 0.502 e. The highest BCUT2D eigenvalue weighted by atomic mass is 35.5. The molecule has 0 spiro atoms. The molecule has 0 amide bonds. The third-order valence-corrected chi connectivity index (χ3v) is 2.22. The number of halogens is 4. The fourth-order valence-electron chi connectivity index (χ4n) is 1.24. The van der Waals surface area contributed by atoms with Gasteiger partial charge in [-0.2, -0.15) is 0 Å². The van der Waals surface area contributed by atoms with Gasteiger partial charge in [0.05, 0.1) is 6.61 Å². The van der Waals surface area contributed by atoms with Crippen molar-refractivity contribution >= 4 is 17.6 Å². The van der Waals surface area contributed by atoms with Crippen molar-refractivity contribution < 1.29 is 32.5 Å². The van der Waals surface area contributed by atoms with Gasteiger partial charge in [0.1, 0.15) is 5.56 Å². The van der Waals surface area contributed by atoms with E-state index in [2.05, 4.69) is 14.5 Å². The molecule has 0 aliphatic rings. The Labute approximate surface area is 110 Å². The molecule has 0 aliphatic heterocycles. The Hall–Kier alpha value is -1.70. The average Bonchev–Trinajstić information content (AvgIpc) is 2.30. The SMILES string of the molecule is CCOC(=O)c1c(CCl)cnc(OC(F)(F)F)c1O. The average molecular weight is 300 g/mol. The fourth-order valence-corrected chi connectivity index (χ4v) is 1.44. The number of aromatic hydroxyl groups is 1. The summed E-state index contributed by atoms with van der Waals surface area (Å²) in [5.41, 5.74) is -0.460. The maximum atomic E-state index is 12.1. The van der Waals surface area contributed by atoms with Gasteiger partial charge in [0.25, 0.3) is 5.88 Å². The zero-order valence-corrected chi connectivity index (χ0v) is 10.4. The van der Waals surface area contributed by atoms with Crippen LogP contribution in [0.15, 0.2) is 6.20 Å². The summed E-state index contributed by atoms with van der Waals surface area (Å²) in [6.07, 6.45) is -4.14. The van der Waals surface area contributed by atoms with Crippen LogP contribution in [0.2, 0.25) is 0 Å². The number of carbonyl (C=O) groups excluding carboxylic acids is 1. The summed E-state index contributed by atoms with van der Waals surface area (Å²) in [5, 5.41) is 9.61. The van der Waals surface area contributed by atoms with Crippen molar-refractivity contribution in [3.8, 4) is 11.6 Å². The van der Waals surface area contributed by atoms with Crippen molar-refractivity contribution in [2.75, 3.05) is 6.61 Å². The lowest BCUT2D eigenvalue weighted by atomic mass is 10.1. The molecule has 0 saturated carbocycles. The van der Waals surface area contributed by atoms with Gasteiger partial charge in [-0.15, -0.1) is 24.8 Å². The minimum absolute atomic E-state index is 0.0161. The highest BCUT2D eigenvalue weighted by molar-refractivity contribution is 6.17. The van der Waals surface area contributed by atoms with Crippen LogP contribution in [0.1, 0.15) is 22.8 Å². The molecular weight excluding hydrogens is 291 g/mol. The molecule has 1 aromatic rings. The van der Waals surface area contributed by atoms with Crippen molar-refractivity contribution in [3.63, 3.8) is 0 Å². The molecule has 0 radical (unpaired) electrons. The van der Waals surface area contributed by atoms with Crippen LogP contribution in [-0.2, 0) is 10.6 Å². The Morgan fingerprint density at radius 1 is 1.53 bits per heavy atom. The zero-order valence-electron chi connectivity index (χ0n) is 9.62. The van der Waals surface area contributed by atoms with Crippen LogP contribution in [0, 0.1) is 0 Å². The van der Waals surface area contributed by atoms with Gasteiger partial charge < -0.3 is 14.6 Å². The topological polar surface area (TPSA) is 68.7 Å². The van der Waals surface area contributed by atoms with E-state index in [-0.39, 0.29) is 18.1 Å². The summed E-state index contributed by atoms with van der Waals surface area (Å²) < 4.78 is 44.3. The Balaban J connectivity index is 3.25. The fraction of sp³-hybridized carbons (Fsp3) is 0.400. The number of carbonyl (C=O) groups is 1. The van der Waals surface area contributed by atoms with E-state index in [4.69, 9.17) is 11.6 Å². The maximum absolute atomic E-state index is 12.1. The summed E-state index contributed by atoms with van der Waals surface area (Å²) in [6, 6.07) is 0. The van der Waals surface area contributed by atoms with Crippen LogP contribution < -0.4 is 4.74 Å². The first-order chi connectivity index (χ1) is 8.80. The molecule has 0 unspecified atom stereocenters. The molecule has 106 valence electrons. The normalized spacial score (nSPS) is 11.2. The summed E-state index contributed by atoms with van der Waals surface area (Å²) >= 11 is 5.51. The van der Waals surface area contributed by atoms with Crippen LogP contribution in [0.5, 0.6) is 11.6 Å². The van der Waals surface area contributed by atoms with Crippen LogP contribution in [0.3, 0.4) is 0 Å². The minimum atomic E-state index is -5.04. The highest BCUT2D eigenvalue weighted by Crippen LogP contribution is 2.34. The third-order valence-electron chi connectivity index (χ3n) is 1.93. The van der Waals surface area contributed by atoms with E-state index in [1.807, 2.05) is 0 Å². The summed E-state index contributed by atoms with van der Waals surface area (Å²) in [6.45, 7) is 1.49. The second-order valence-electron chi connectivity index (χ2n) is 3.21. The highest BCUT2D eigenvalue weighted by Gasteiger charge is 2.34. The van der Waals surface area contributed by atoms with Gasteiger partial charge >= 0.3 is 12.3 Å². The summed E-state index contributed by atoms with van der Waals surface area (Å²) in [5.74, 6) is -3.44. The largest absolute Gasteiger partial charge is 0.574 e. The van der Waals surface area contributed by atoms with E-state index in [0.29, 0.717) is 0 Å². The molecule has 0 aliphatic carbocycles. The lowest BCUT2D eigenvalue weighted by Crippen LogP contribution is -2.19. The zero-order chi connectivity index (χ0) is 14.6. The first kappa shape index (κ1) is 15.4. The Morgan fingerprint density at radius 3 is 2.63 bits per heavy atom. The second kappa shape index (κ2) is 5.96. The van der Waals surface area contributed by atoms with Crippen LogP contribution in [-0.4, -0.2) is 29.0 Å². The van der Waals surface area contributed by atoms with Crippen molar-refractivity contribution in [1.29, 1.82) is 0 Å². The molecule has 5 nitrogen and oxygen atoms in total. The number of esters is 1. The predicted octanol–water partition coefficient (Wildman–Crippen LogP) is 2.60. The lowest BCUT2D eigenvalue weighted by molar-refractivity contribution is -0.276. The number of pyridine rings is 1. The molecular formula is C10H9ClF3NO4. The number of hydrogen-bond acceptors (Lipinski definition) is 5. The van der Waals surface area contributed by atoms with Crippen molar-refractivity contribution in [1.82, 2.24) is 4.98 Å². The Kier molecular flexibility index (Phi) is 4.82. The van der Waals surface area contributed by atoms with E-state index in [1.54, 1.807) is 0 Å². The molecule has 9 heteroatoms. The number of ether oxygens (including phenoxy) is 2. The van der Waals surface area contributed by atoms with Gasteiger partial charge in [0.2, 0.25) is 0 Å². The number of nitrogens with zero attached hydrogens (tertiary/aromatic N) is 1. The van der Waals surface area contributed by atoms with Gasteiger partial charge in [-0.3, -0.25) is 0 Å². The molecule has 1 aromatic heterocycles.